The van der Waals surface area contributed by atoms with Crippen molar-refractivity contribution in [3.8, 4) is 0 Å². The third kappa shape index (κ3) is 5.43. The van der Waals surface area contributed by atoms with Gasteiger partial charge in [0, 0.05) is 39.1 Å². The topological polar surface area (TPSA) is 60.9 Å². The standard InChI is InChI=1S/C21H27Cl2N3O3/c1-15-21(29)25(10-7-19(27)24-8-3-2-4-9-24)11-12-26(15)20(28)14-16-5-6-17(22)18(23)13-16/h5-6,13,15H,2-4,7-12,14H2,1H3/t15-/m0/s1. The van der Waals surface area contributed by atoms with Crippen molar-refractivity contribution in [2.75, 3.05) is 32.7 Å². The van der Waals surface area contributed by atoms with E-state index in [4.69, 9.17) is 23.2 Å². The molecule has 2 fully saturated rings. The number of piperidine rings is 1. The van der Waals surface area contributed by atoms with Crippen molar-refractivity contribution in [2.24, 2.45) is 0 Å². The predicted molar refractivity (Wildman–Crippen MR) is 113 cm³/mol. The number of amides is 3. The summed E-state index contributed by atoms with van der Waals surface area (Å²) in [5, 5.41) is 0.850. The molecular weight excluding hydrogens is 413 g/mol. The van der Waals surface area contributed by atoms with Gasteiger partial charge in [0.15, 0.2) is 0 Å². The van der Waals surface area contributed by atoms with Crippen LogP contribution >= 0.6 is 23.2 Å². The van der Waals surface area contributed by atoms with E-state index in [1.165, 1.54) is 6.42 Å². The van der Waals surface area contributed by atoms with E-state index in [2.05, 4.69) is 0 Å². The van der Waals surface area contributed by atoms with E-state index in [1.807, 2.05) is 4.90 Å². The molecule has 0 aromatic heterocycles. The fraction of sp³-hybridized carbons (Fsp3) is 0.571. The minimum Gasteiger partial charge on any atom is -0.343 e. The number of carbonyl (C=O) groups is 3. The zero-order valence-electron chi connectivity index (χ0n) is 16.7. The van der Waals surface area contributed by atoms with Crippen molar-refractivity contribution in [2.45, 2.75) is 45.1 Å². The van der Waals surface area contributed by atoms with Gasteiger partial charge in [-0.05, 0) is 43.9 Å². The molecule has 0 unspecified atom stereocenters. The number of halogens is 2. The van der Waals surface area contributed by atoms with Gasteiger partial charge >= 0.3 is 0 Å². The molecule has 2 aliphatic heterocycles. The minimum absolute atomic E-state index is 0.106. The predicted octanol–water partition coefficient (Wildman–Crippen LogP) is 3.00. The molecule has 3 amide bonds. The third-order valence-corrected chi connectivity index (χ3v) is 6.45. The molecule has 0 N–H and O–H groups in total. The molecule has 0 radical (unpaired) electrons. The van der Waals surface area contributed by atoms with Gasteiger partial charge < -0.3 is 14.7 Å². The SMILES string of the molecule is C[C@H]1C(=O)N(CCC(=O)N2CCCCC2)CCN1C(=O)Cc1ccc(Cl)c(Cl)c1. The number of likely N-dealkylation sites (tertiary alicyclic amines) is 1. The molecule has 0 aliphatic carbocycles. The van der Waals surface area contributed by atoms with E-state index in [0.717, 1.165) is 31.5 Å². The van der Waals surface area contributed by atoms with Crippen LogP contribution in [-0.4, -0.2) is 71.2 Å². The van der Waals surface area contributed by atoms with Crippen LogP contribution in [0.2, 0.25) is 10.0 Å². The number of nitrogens with zero attached hydrogens (tertiary/aromatic N) is 3. The lowest BCUT2D eigenvalue weighted by Crippen LogP contribution is -2.58. The largest absolute Gasteiger partial charge is 0.343 e. The molecule has 1 aromatic carbocycles. The molecule has 0 bridgehead atoms. The minimum atomic E-state index is -0.538. The Morgan fingerprint density at radius 1 is 1.00 bits per heavy atom. The number of hydrogen-bond donors (Lipinski definition) is 0. The maximum absolute atomic E-state index is 12.7. The summed E-state index contributed by atoms with van der Waals surface area (Å²) in [7, 11) is 0. The van der Waals surface area contributed by atoms with Gasteiger partial charge in [-0.25, -0.2) is 0 Å². The molecule has 158 valence electrons. The second-order valence-electron chi connectivity index (χ2n) is 7.71. The van der Waals surface area contributed by atoms with Crippen molar-refractivity contribution in [1.82, 2.24) is 14.7 Å². The number of rotatable bonds is 5. The molecular formula is C21H27Cl2N3O3. The second kappa shape index (κ2) is 9.81. The fourth-order valence-electron chi connectivity index (χ4n) is 3.95. The lowest BCUT2D eigenvalue weighted by molar-refractivity contribution is -0.150. The van der Waals surface area contributed by atoms with Gasteiger partial charge in [0.1, 0.15) is 6.04 Å². The van der Waals surface area contributed by atoms with Gasteiger partial charge in [-0.1, -0.05) is 29.3 Å². The number of carbonyl (C=O) groups excluding carboxylic acids is 3. The molecule has 0 saturated carbocycles. The van der Waals surface area contributed by atoms with Crippen LogP contribution in [0.15, 0.2) is 18.2 Å². The first kappa shape index (κ1) is 21.9. The summed E-state index contributed by atoms with van der Waals surface area (Å²) in [5.74, 6) is -0.109. The van der Waals surface area contributed by atoms with Crippen molar-refractivity contribution < 1.29 is 14.4 Å². The van der Waals surface area contributed by atoms with Crippen molar-refractivity contribution in [3.05, 3.63) is 33.8 Å². The first-order chi connectivity index (χ1) is 13.9. The smallest absolute Gasteiger partial charge is 0.245 e. The summed E-state index contributed by atoms with van der Waals surface area (Å²) in [6.45, 7) is 4.70. The molecule has 29 heavy (non-hydrogen) atoms. The van der Waals surface area contributed by atoms with Crippen LogP contribution in [-0.2, 0) is 20.8 Å². The average Bonchev–Trinajstić information content (AvgIpc) is 2.72. The molecule has 2 heterocycles. The van der Waals surface area contributed by atoms with Crippen LogP contribution in [0.4, 0.5) is 0 Å². The summed E-state index contributed by atoms with van der Waals surface area (Å²) in [6.07, 6.45) is 3.80. The highest BCUT2D eigenvalue weighted by Gasteiger charge is 2.34. The normalized spacial score (nSPS) is 20.2. The Hall–Kier alpha value is -1.79. The Labute approximate surface area is 181 Å². The molecule has 1 atom stereocenters. The van der Waals surface area contributed by atoms with Gasteiger partial charge in [-0.15, -0.1) is 0 Å². The molecule has 6 nitrogen and oxygen atoms in total. The van der Waals surface area contributed by atoms with Crippen molar-refractivity contribution in [3.63, 3.8) is 0 Å². The first-order valence-corrected chi connectivity index (χ1v) is 10.9. The Morgan fingerprint density at radius 3 is 2.41 bits per heavy atom. The highest BCUT2D eigenvalue weighted by atomic mass is 35.5. The third-order valence-electron chi connectivity index (χ3n) is 5.71. The average molecular weight is 440 g/mol. The lowest BCUT2D eigenvalue weighted by atomic mass is 10.1. The van der Waals surface area contributed by atoms with E-state index in [9.17, 15) is 14.4 Å². The first-order valence-electron chi connectivity index (χ1n) is 10.2. The number of piperazine rings is 1. The summed E-state index contributed by atoms with van der Waals surface area (Å²) in [5.41, 5.74) is 0.763. The Morgan fingerprint density at radius 2 is 1.72 bits per heavy atom. The highest BCUT2D eigenvalue weighted by Crippen LogP contribution is 2.23. The Bertz CT molecular complexity index is 780. The molecule has 1 aromatic rings. The summed E-state index contributed by atoms with van der Waals surface area (Å²) >= 11 is 11.9. The second-order valence-corrected chi connectivity index (χ2v) is 8.52. The number of hydrogen-bond acceptors (Lipinski definition) is 3. The van der Waals surface area contributed by atoms with E-state index >= 15 is 0 Å². The quantitative estimate of drug-likeness (QED) is 0.708. The van der Waals surface area contributed by atoms with E-state index < -0.39 is 6.04 Å². The molecule has 8 heteroatoms. The van der Waals surface area contributed by atoms with Crippen LogP contribution in [0.1, 0.15) is 38.2 Å². The van der Waals surface area contributed by atoms with Gasteiger partial charge in [0.2, 0.25) is 17.7 Å². The number of benzene rings is 1. The summed E-state index contributed by atoms with van der Waals surface area (Å²) in [6, 6.07) is 4.57. The lowest BCUT2D eigenvalue weighted by Gasteiger charge is -2.39. The van der Waals surface area contributed by atoms with Gasteiger partial charge in [-0.2, -0.15) is 0 Å². The molecule has 2 aliphatic rings. The van der Waals surface area contributed by atoms with Crippen LogP contribution < -0.4 is 0 Å². The van der Waals surface area contributed by atoms with Crippen LogP contribution in [0.5, 0.6) is 0 Å². The van der Waals surface area contributed by atoms with Gasteiger partial charge in [0.05, 0.1) is 16.5 Å². The zero-order valence-corrected chi connectivity index (χ0v) is 18.2. The fourth-order valence-corrected chi connectivity index (χ4v) is 4.27. The Kier molecular flexibility index (Phi) is 7.41. The molecule has 0 spiro atoms. The van der Waals surface area contributed by atoms with Crippen LogP contribution in [0.25, 0.3) is 0 Å². The van der Waals surface area contributed by atoms with E-state index in [-0.39, 0.29) is 24.1 Å². The summed E-state index contributed by atoms with van der Waals surface area (Å²) < 4.78 is 0. The Balaban J connectivity index is 1.52. The molecule has 2 saturated heterocycles. The monoisotopic (exact) mass is 439 g/mol. The molecule has 3 rings (SSSR count). The van der Waals surface area contributed by atoms with Crippen LogP contribution in [0.3, 0.4) is 0 Å². The van der Waals surface area contributed by atoms with Crippen molar-refractivity contribution >= 4 is 40.9 Å². The van der Waals surface area contributed by atoms with Crippen LogP contribution in [0, 0.1) is 0 Å². The van der Waals surface area contributed by atoms with E-state index in [1.54, 1.807) is 34.9 Å². The zero-order chi connectivity index (χ0) is 21.0. The summed E-state index contributed by atoms with van der Waals surface area (Å²) in [4.78, 5) is 43.0. The van der Waals surface area contributed by atoms with Crippen molar-refractivity contribution in [1.29, 1.82) is 0 Å². The van der Waals surface area contributed by atoms with Gasteiger partial charge in [-0.3, -0.25) is 14.4 Å². The highest BCUT2D eigenvalue weighted by molar-refractivity contribution is 6.42. The van der Waals surface area contributed by atoms with E-state index in [0.29, 0.717) is 36.1 Å². The maximum atomic E-state index is 12.7. The van der Waals surface area contributed by atoms with Gasteiger partial charge in [0.25, 0.3) is 0 Å². The maximum Gasteiger partial charge on any atom is 0.245 e.